The number of halogens is 1. The molecule has 0 radical (unpaired) electrons. The summed E-state index contributed by atoms with van der Waals surface area (Å²) in [6.07, 6.45) is 4.59. The zero-order valence-corrected chi connectivity index (χ0v) is 12.5. The highest BCUT2D eigenvalue weighted by Crippen LogP contribution is 2.22. The van der Waals surface area contributed by atoms with Gasteiger partial charge >= 0.3 is 0 Å². The van der Waals surface area contributed by atoms with Gasteiger partial charge in [0.2, 0.25) is 5.88 Å². The first kappa shape index (κ1) is 14.8. The summed E-state index contributed by atoms with van der Waals surface area (Å²) < 4.78 is 7.48. The van der Waals surface area contributed by atoms with Crippen LogP contribution in [0.25, 0.3) is 0 Å². The molecule has 108 valence electrons. The van der Waals surface area contributed by atoms with Crippen molar-refractivity contribution in [3.8, 4) is 11.6 Å². The first-order chi connectivity index (χ1) is 9.72. The van der Waals surface area contributed by atoms with E-state index in [1.165, 1.54) is 0 Å². The molecule has 0 aliphatic carbocycles. The predicted octanol–water partition coefficient (Wildman–Crippen LogP) is 3.24. The number of pyridine rings is 1. The van der Waals surface area contributed by atoms with Crippen molar-refractivity contribution in [1.29, 1.82) is 0 Å². The molecule has 6 heteroatoms. The molecule has 0 saturated heterocycles. The van der Waals surface area contributed by atoms with Crippen LogP contribution in [0, 0.1) is 0 Å². The Bertz CT molecular complexity index is 556. The Hall–Kier alpha value is -1.59. The second-order valence-electron chi connectivity index (χ2n) is 4.39. The molecule has 0 bridgehead atoms. The zero-order chi connectivity index (χ0) is 14.4. The molecule has 1 N–H and O–H groups in total. The molecule has 0 aromatic carbocycles. The fourth-order valence-corrected chi connectivity index (χ4v) is 1.89. The second-order valence-corrected chi connectivity index (χ2v) is 4.80. The largest absolute Gasteiger partial charge is 0.436 e. The molecule has 0 fully saturated rings. The van der Waals surface area contributed by atoms with Crippen molar-refractivity contribution < 1.29 is 4.74 Å². The second kappa shape index (κ2) is 7.26. The van der Waals surface area contributed by atoms with E-state index in [-0.39, 0.29) is 0 Å². The molecule has 0 amide bonds. The highest BCUT2D eigenvalue weighted by Gasteiger charge is 2.06. The third kappa shape index (κ3) is 3.95. The van der Waals surface area contributed by atoms with Crippen molar-refractivity contribution in [3.63, 3.8) is 0 Å². The summed E-state index contributed by atoms with van der Waals surface area (Å²) >= 11 is 6.13. The van der Waals surface area contributed by atoms with Crippen molar-refractivity contribution in [2.75, 3.05) is 6.54 Å². The van der Waals surface area contributed by atoms with Gasteiger partial charge in [0.05, 0.1) is 23.1 Å². The van der Waals surface area contributed by atoms with Gasteiger partial charge in [0.15, 0.2) is 5.75 Å². The van der Waals surface area contributed by atoms with E-state index in [9.17, 15) is 0 Å². The summed E-state index contributed by atoms with van der Waals surface area (Å²) in [5, 5.41) is 8.08. The Kier molecular flexibility index (Phi) is 5.38. The number of rotatable bonds is 7. The molecule has 5 nitrogen and oxygen atoms in total. The Labute approximate surface area is 123 Å². The van der Waals surface area contributed by atoms with E-state index >= 15 is 0 Å². The van der Waals surface area contributed by atoms with Crippen molar-refractivity contribution in [2.45, 2.75) is 33.4 Å². The summed E-state index contributed by atoms with van der Waals surface area (Å²) in [7, 11) is 0. The first-order valence-electron chi connectivity index (χ1n) is 6.79. The monoisotopic (exact) mass is 294 g/mol. The molecule has 0 saturated carbocycles. The lowest BCUT2D eigenvalue weighted by Crippen LogP contribution is -2.15. The number of aryl methyl sites for hydroxylation is 1. The van der Waals surface area contributed by atoms with Crippen molar-refractivity contribution in [1.82, 2.24) is 20.1 Å². The normalized spacial score (nSPS) is 10.8. The van der Waals surface area contributed by atoms with Gasteiger partial charge in [0.1, 0.15) is 0 Å². The SMILES string of the molecule is CCCNCc1nc(Oc2cnn(CC)c2)ccc1Cl. The molecule has 20 heavy (non-hydrogen) atoms. The first-order valence-corrected chi connectivity index (χ1v) is 7.17. The fourth-order valence-electron chi connectivity index (χ4n) is 1.72. The van der Waals surface area contributed by atoms with Gasteiger partial charge in [-0.1, -0.05) is 18.5 Å². The molecule has 0 aliphatic rings. The fraction of sp³-hybridized carbons (Fsp3) is 0.429. The van der Waals surface area contributed by atoms with E-state index in [2.05, 4.69) is 22.3 Å². The van der Waals surface area contributed by atoms with E-state index in [0.717, 1.165) is 25.2 Å². The molecule has 0 spiro atoms. The average Bonchev–Trinajstić information content (AvgIpc) is 2.90. The third-order valence-corrected chi connectivity index (χ3v) is 3.11. The van der Waals surface area contributed by atoms with Crippen LogP contribution in [0.4, 0.5) is 0 Å². The van der Waals surface area contributed by atoms with Crippen LogP contribution in [0.3, 0.4) is 0 Å². The van der Waals surface area contributed by atoms with E-state index in [1.54, 1.807) is 23.0 Å². The molecule has 2 aromatic heterocycles. The highest BCUT2D eigenvalue weighted by molar-refractivity contribution is 6.31. The minimum Gasteiger partial charge on any atom is -0.436 e. The average molecular weight is 295 g/mol. The minimum absolute atomic E-state index is 0.526. The van der Waals surface area contributed by atoms with Gasteiger partial charge in [-0.3, -0.25) is 4.68 Å². The minimum atomic E-state index is 0.526. The summed E-state index contributed by atoms with van der Waals surface area (Å²) in [6.45, 7) is 6.52. The summed E-state index contributed by atoms with van der Waals surface area (Å²) in [5.41, 5.74) is 0.792. The lowest BCUT2D eigenvalue weighted by Gasteiger charge is -2.07. The van der Waals surface area contributed by atoms with Crippen LogP contribution in [0.1, 0.15) is 26.0 Å². The van der Waals surface area contributed by atoms with Crippen LogP contribution in [-0.4, -0.2) is 21.3 Å². The third-order valence-electron chi connectivity index (χ3n) is 2.77. The Morgan fingerprint density at radius 3 is 2.90 bits per heavy atom. The quantitative estimate of drug-likeness (QED) is 0.797. The van der Waals surface area contributed by atoms with Crippen molar-refractivity contribution in [3.05, 3.63) is 35.2 Å². The van der Waals surface area contributed by atoms with Gasteiger partial charge in [0.25, 0.3) is 0 Å². The van der Waals surface area contributed by atoms with Crippen LogP contribution in [-0.2, 0) is 13.1 Å². The Balaban J connectivity index is 2.06. The van der Waals surface area contributed by atoms with Gasteiger partial charge in [0, 0.05) is 19.2 Å². The van der Waals surface area contributed by atoms with E-state index in [4.69, 9.17) is 16.3 Å². The van der Waals surface area contributed by atoms with Crippen LogP contribution < -0.4 is 10.1 Å². The summed E-state index contributed by atoms with van der Waals surface area (Å²) in [5.74, 6) is 1.20. The lowest BCUT2D eigenvalue weighted by atomic mass is 10.3. The number of nitrogens with zero attached hydrogens (tertiary/aromatic N) is 3. The number of aromatic nitrogens is 3. The molecule has 2 heterocycles. The Morgan fingerprint density at radius 1 is 1.35 bits per heavy atom. The number of nitrogens with one attached hydrogen (secondary N) is 1. The van der Waals surface area contributed by atoms with E-state index in [0.29, 0.717) is 23.2 Å². The maximum absolute atomic E-state index is 6.13. The van der Waals surface area contributed by atoms with Gasteiger partial charge < -0.3 is 10.1 Å². The molecule has 2 rings (SSSR count). The van der Waals surface area contributed by atoms with Gasteiger partial charge in [-0.2, -0.15) is 5.10 Å². The molecule has 0 aliphatic heterocycles. The molecule has 0 unspecified atom stereocenters. The van der Waals surface area contributed by atoms with Gasteiger partial charge in [-0.05, 0) is 26.0 Å². The lowest BCUT2D eigenvalue weighted by molar-refractivity contribution is 0.458. The molecular formula is C14H19ClN4O. The number of ether oxygens (including phenoxy) is 1. The summed E-state index contributed by atoms with van der Waals surface area (Å²) in [6, 6.07) is 3.56. The summed E-state index contributed by atoms with van der Waals surface area (Å²) in [4.78, 5) is 4.42. The highest BCUT2D eigenvalue weighted by atomic mass is 35.5. The van der Waals surface area contributed by atoms with Gasteiger partial charge in [-0.15, -0.1) is 0 Å². The van der Waals surface area contributed by atoms with E-state index < -0.39 is 0 Å². The number of hydrogen-bond donors (Lipinski definition) is 1. The topological polar surface area (TPSA) is 52.0 Å². The maximum Gasteiger partial charge on any atom is 0.219 e. The van der Waals surface area contributed by atoms with Crippen LogP contribution in [0.2, 0.25) is 5.02 Å². The molecule has 2 aromatic rings. The number of hydrogen-bond acceptors (Lipinski definition) is 4. The Morgan fingerprint density at radius 2 is 2.20 bits per heavy atom. The van der Waals surface area contributed by atoms with Gasteiger partial charge in [-0.25, -0.2) is 4.98 Å². The molecule has 0 atom stereocenters. The van der Waals surface area contributed by atoms with Crippen molar-refractivity contribution in [2.24, 2.45) is 0 Å². The zero-order valence-electron chi connectivity index (χ0n) is 11.8. The maximum atomic E-state index is 6.13. The van der Waals surface area contributed by atoms with E-state index in [1.807, 2.05) is 13.1 Å². The molecular weight excluding hydrogens is 276 g/mol. The van der Waals surface area contributed by atoms with Crippen LogP contribution in [0.15, 0.2) is 24.5 Å². The van der Waals surface area contributed by atoms with Crippen LogP contribution >= 0.6 is 11.6 Å². The smallest absolute Gasteiger partial charge is 0.219 e. The van der Waals surface area contributed by atoms with Crippen molar-refractivity contribution >= 4 is 11.6 Å². The predicted molar refractivity (Wildman–Crippen MR) is 79.2 cm³/mol. The van der Waals surface area contributed by atoms with Crippen LogP contribution in [0.5, 0.6) is 11.6 Å². The standard InChI is InChI=1S/C14H19ClN4O/c1-3-7-16-9-13-12(15)5-6-14(18-13)20-11-8-17-19(4-2)10-11/h5-6,8,10,16H,3-4,7,9H2,1-2H3.